The first-order valence-corrected chi connectivity index (χ1v) is 9.83. The molecule has 3 aliphatic heterocycles. The summed E-state index contributed by atoms with van der Waals surface area (Å²) in [6.45, 7) is 0.968. The Balaban J connectivity index is 1.39. The molecule has 6 unspecified atom stereocenters. The van der Waals surface area contributed by atoms with Crippen LogP contribution in [0.3, 0.4) is 0 Å². The SMILES string of the molecule is O=C1C=C(C2CCC3NNCC3C2)NC2C(c3ccc(Cl)cn3)C(O)NN12. The average Bonchev–Trinajstić information content (AvgIpc) is 3.26. The van der Waals surface area contributed by atoms with Gasteiger partial charge in [0.05, 0.1) is 16.6 Å². The predicted molar refractivity (Wildman–Crippen MR) is 98.7 cm³/mol. The summed E-state index contributed by atoms with van der Waals surface area (Å²) in [6, 6.07) is 4.08. The van der Waals surface area contributed by atoms with E-state index in [2.05, 4.69) is 26.6 Å². The van der Waals surface area contributed by atoms with E-state index in [-0.39, 0.29) is 18.0 Å². The van der Waals surface area contributed by atoms with Crippen molar-refractivity contribution >= 4 is 17.5 Å². The molecule has 0 spiro atoms. The van der Waals surface area contributed by atoms with Crippen LogP contribution >= 0.6 is 11.6 Å². The summed E-state index contributed by atoms with van der Waals surface area (Å²) in [4.78, 5) is 17.1. The number of nitrogens with zero attached hydrogens (tertiary/aromatic N) is 2. The first kappa shape index (κ1) is 17.4. The fourth-order valence-electron chi connectivity index (χ4n) is 4.83. The predicted octanol–water partition coefficient (Wildman–Crippen LogP) is 0.190. The number of hydrazine groups is 2. The maximum atomic E-state index is 12.7. The number of fused-ring (bicyclic) bond motifs is 2. The number of halogens is 1. The zero-order chi connectivity index (χ0) is 18.5. The Morgan fingerprint density at radius 3 is 3.00 bits per heavy atom. The molecule has 27 heavy (non-hydrogen) atoms. The molecule has 5 N–H and O–H groups in total. The number of aromatic nitrogens is 1. The second kappa shape index (κ2) is 6.72. The molecule has 4 heterocycles. The second-order valence-electron chi connectivity index (χ2n) is 7.80. The minimum atomic E-state index is -0.896. The summed E-state index contributed by atoms with van der Waals surface area (Å²) in [6.07, 6.45) is 5.14. The van der Waals surface area contributed by atoms with E-state index < -0.39 is 6.23 Å². The van der Waals surface area contributed by atoms with Crippen LogP contribution in [0.15, 0.2) is 30.1 Å². The summed E-state index contributed by atoms with van der Waals surface area (Å²) in [7, 11) is 0. The minimum absolute atomic E-state index is 0.131. The number of nitrogens with one attached hydrogen (secondary N) is 4. The van der Waals surface area contributed by atoms with Gasteiger partial charge in [0.15, 0.2) is 0 Å². The van der Waals surface area contributed by atoms with Gasteiger partial charge in [-0.1, -0.05) is 11.6 Å². The van der Waals surface area contributed by atoms with E-state index in [0.717, 1.165) is 31.5 Å². The normalized spacial score (nSPS) is 38.2. The van der Waals surface area contributed by atoms with Gasteiger partial charge in [0.1, 0.15) is 12.4 Å². The van der Waals surface area contributed by atoms with E-state index in [4.69, 9.17) is 11.6 Å². The monoisotopic (exact) mass is 390 g/mol. The van der Waals surface area contributed by atoms with E-state index >= 15 is 0 Å². The molecule has 4 aliphatic rings. The van der Waals surface area contributed by atoms with Crippen molar-refractivity contribution < 1.29 is 9.90 Å². The van der Waals surface area contributed by atoms with Crippen molar-refractivity contribution in [1.82, 2.24) is 31.6 Å². The van der Waals surface area contributed by atoms with Crippen molar-refractivity contribution in [2.45, 2.75) is 43.6 Å². The lowest BCUT2D eigenvalue weighted by Gasteiger charge is -2.38. The number of carbonyl (C=O) groups is 1. The van der Waals surface area contributed by atoms with Crippen LogP contribution < -0.4 is 21.6 Å². The minimum Gasteiger partial charge on any atom is -0.376 e. The lowest BCUT2D eigenvalue weighted by Crippen LogP contribution is -2.54. The Kier molecular flexibility index (Phi) is 4.33. The van der Waals surface area contributed by atoms with E-state index in [1.54, 1.807) is 24.4 Å². The van der Waals surface area contributed by atoms with Crippen molar-refractivity contribution in [1.29, 1.82) is 0 Å². The van der Waals surface area contributed by atoms with Gasteiger partial charge in [-0.3, -0.25) is 20.6 Å². The highest BCUT2D eigenvalue weighted by atomic mass is 35.5. The van der Waals surface area contributed by atoms with Crippen LogP contribution in [0.5, 0.6) is 0 Å². The Hall–Kier alpha value is -1.71. The lowest BCUT2D eigenvalue weighted by atomic mass is 9.77. The van der Waals surface area contributed by atoms with Gasteiger partial charge in [-0.2, -0.15) is 0 Å². The Bertz CT molecular complexity index is 772. The summed E-state index contributed by atoms with van der Waals surface area (Å²) in [5.74, 6) is 0.409. The maximum absolute atomic E-state index is 12.7. The fraction of sp³-hybridized carbons (Fsp3) is 0.556. The zero-order valence-corrected chi connectivity index (χ0v) is 15.5. The molecule has 1 aromatic heterocycles. The second-order valence-corrected chi connectivity index (χ2v) is 8.24. The number of allylic oxidation sites excluding steroid dienone is 1. The molecule has 3 fully saturated rings. The van der Waals surface area contributed by atoms with Crippen LogP contribution in [-0.2, 0) is 4.79 Å². The maximum Gasteiger partial charge on any atom is 0.264 e. The van der Waals surface area contributed by atoms with Gasteiger partial charge < -0.3 is 10.4 Å². The Morgan fingerprint density at radius 1 is 1.30 bits per heavy atom. The molecule has 1 aromatic rings. The van der Waals surface area contributed by atoms with Crippen LogP contribution in [0.2, 0.25) is 5.02 Å². The Morgan fingerprint density at radius 2 is 2.19 bits per heavy atom. The number of carbonyl (C=O) groups excluding carboxylic acids is 1. The van der Waals surface area contributed by atoms with Gasteiger partial charge in [-0.15, -0.1) is 0 Å². The number of amides is 1. The molecule has 2 saturated heterocycles. The van der Waals surface area contributed by atoms with Gasteiger partial charge in [-0.25, -0.2) is 10.4 Å². The summed E-state index contributed by atoms with van der Waals surface area (Å²) in [5, 5.41) is 16.1. The number of rotatable bonds is 2. The number of hydrogen-bond acceptors (Lipinski definition) is 7. The van der Waals surface area contributed by atoms with Crippen molar-refractivity contribution in [2.75, 3.05) is 6.54 Å². The number of pyridine rings is 1. The summed E-state index contributed by atoms with van der Waals surface area (Å²) >= 11 is 5.94. The third-order valence-electron chi connectivity index (χ3n) is 6.23. The van der Waals surface area contributed by atoms with Crippen LogP contribution in [0.1, 0.15) is 30.9 Å². The number of hydrogen-bond donors (Lipinski definition) is 5. The molecular weight excluding hydrogens is 368 g/mol. The van der Waals surface area contributed by atoms with E-state index in [1.165, 1.54) is 5.01 Å². The van der Waals surface area contributed by atoms with Crippen LogP contribution in [0.25, 0.3) is 0 Å². The van der Waals surface area contributed by atoms with E-state index in [9.17, 15) is 9.90 Å². The first-order chi connectivity index (χ1) is 13.1. The van der Waals surface area contributed by atoms with Gasteiger partial charge in [0.2, 0.25) is 0 Å². The highest BCUT2D eigenvalue weighted by Gasteiger charge is 2.48. The van der Waals surface area contributed by atoms with Crippen LogP contribution in [-0.4, -0.2) is 46.0 Å². The smallest absolute Gasteiger partial charge is 0.264 e. The fourth-order valence-corrected chi connectivity index (χ4v) is 4.95. The average molecular weight is 391 g/mol. The molecule has 0 bridgehead atoms. The zero-order valence-electron chi connectivity index (χ0n) is 14.7. The molecule has 144 valence electrons. The van der Waals surface area contributed by atoms with Gasteiger partial charge in [-0.05, 0) is 43.2 Å². The summed E-state index contributed by atoms with van der Waals surface area (Å²) in [5.41, 5.74) is 11.1. The molecule has 1 aliphatic carbocycles. The first-order valence-electron chi connectivity index (χ1n) is 9.45. The molecular formula is C18H23ClN6O2. The molecule has 1 saturated carbocycles. The van der Waals surface area contributed by atoms with Crippen LogP contribution in [0.4, 0.5) is 0 Å². The van der Waals surface area contributed by atoms with E-state index in [1.807, 2.05) is 0 Å². The topological polar surface area (TPSA) is 102 Å². The van der Waals surface area contributed by atoms with Crippen molar-refractivity contribution in [3.05, 3.63) is 40.8 Å². The largest absolute Gasteiger partial charge is 0.376 e. The van der Waals surface area contributed by atoms with Gasteiger partial charge >= 0.3 is 0 Å². The third-order valence-corrected chi connectivity index (χ3v) is 6.45. The molecule has 1 amide bonds. The highest BCUT2D eigenvalue weighted by molar-refractivity contribution is 6.30. The molecule has 0 radical (unpaired) electrons. The van der Waals surface area contributed by atoms with Crippen molar-refractivity contribution in [2.24, 2.45) is 11.8 Å². The number of aliphatic hydroxyl groups is 1. The van der Waals surface area contributed by atoms with E-state index in [0.29, 0.717) is 28.6 Å². The number of aliphatic hydroxyl groups excluding tert-OH is 1. The molecule has 9 heteroatoms. The third kappa shape index (κ3) is 3.01. The standard InChI is InChI=1S/C18H23ClN6O2/c19-11-2-4-13(20-8-11)16-17-22-14(6-15(26)25(17)24-18(16)27)9-1-3-12-10(5-9)7-21-23-12/h2,4,6,8-10,12,16-18,21-24,27H,1,3,5,7H2. The lowest BCUT2D eigenvalue weighted by molar-refractivity contribution is -0.132. The highest BCUT2D eigenvalue weighted by Crippen LogP contribution is 2.38. The molecule has 8 nitrogen and oxygen atoms in total. The quantitative estimate of drug-likeness (QED) is 0.491. The van der Waals surface area contributed by atoms with Gasteiger partial charge in [0, 0.05) is 30.6 Å². The van der Waals surface area contributed by atoms with Crippen LogP contribution in [0, 0.1) is 11.8 Å². The van der Waals surface area contributed by atoms with Gasteiger partial charge in [0.25, 0.3) is 5.91 Å². The van der Waals surface area contributed by atoms with Crippen molar-refractivity contribution in [3.8, 4) is 0 Å². The summed E-state index contributed by atoms with van der Waals surface area (Å²) < 4.78 is 0. The molecule has 0 aromatic carbocycles. The van der Waals surface area contributed by atoms with Crippen molar-refractivity contribution in [3.63, 3.8) is 0 Å². The molecule has 6 atom stereocenters. The Labute approximate surface area is 162 Å². The molecule has 5 rings (SSSR count).